The average Bonchev–Trinajstić information content (AvgIpc) is 2.47. The van der Waals surface area contributed by atoms with E-state index in [1.54, 1.807) is 0 Å². The van der Waals surface area contributed by atoms with E-state index in [9.17, 15) is 9.18 Å². The monoisotopic (exact) mass is 309 g/mol. The molecule has 1 fully saturated rings. The number of halogens is 1. The van der Waals surface area contributed by atoms with Gasteiger partial charge in [-0.15, -0.1) is 0 Å². The maximum Gasteiger partial charge on any atom is 0.234 e. The lowest BCUT2D eigenvalue weighted by Crippen LogP contribution is -2.29. The first-order chi connectivity index (χ1) is 10.4. The van der Waals surface area contributed by atoms with Crippen LogP contribution in [0.1, 0.15) is 58.7 Å². The van der Waals surface area contributed by atoms with Gasteiger partial charge in [0.1, 0.15) is 0 Å². The first-order valence-corrected chi connectivity index (χ1v) is 7.82. The van der Waals surface area contributed by atoms with E-state index in [2.05, 4.69) is 32.5 Å². The van der Waals surface area contributed by atoms with E-state index in [1.165, 1.54) is 46.0 Å². The number of nitrogens with zero attached hydrogens (tertiary/aromatic N) is 3. The van der Waals surface area contributed by atoms with Crippen LogP contribution in [-0.4, -0.2) is 27.4 Å². The van der Waals surface area contributed by atoms with Crippen LogP contribution in [0.5, 0.6) is 0 Å². The van der Waals surface area contributed by atoms with Crippen molar-refractivity contribution < 1.29 is 9.18 Å². The number of carbonyl (C=O) groups excluding carboxylic acids is 1. The van der Waals surface area contributed by atoms with Crippen LogP contribution in [0.4, 0.5) is 16.3 Å². The Kier molecular flexibility index (Phi) is 5.26. The molecule has 1 aliphatic carbocycles. The highest BCUT2D eigenvalue weighted by Gasteiger charge is 2.26. The number of anilines is 2. The molecule has 1 aliphatic rings. The third kappa shape index (κ3) is 4.35. The third-order valence-corrected chi connectivity index (χ3v) is 4.07. The summed E-state index contributed by atoms with van der Waals surface area (Å²) in [6.07, 6.45) is 6.62. The Morgan fingerprint density at radius 3 is 2.41 bits per heavy atom. The van der Waals surface area contributed by atoms with Crippen LogP contribution in [0.15, 0.2) is 0 Å². The second kappa shape index (κ2) is 6.98. The Morgan fingerprint density at radius 2 is 1.82 bits per heavy atom. The summed E-state index contributed by atoms with van der Waals surface area (Å²) in [7, 11) is 0. The predicted molar refractivity (Wildman–Crippen MR) is 83.3 cm³/mol. The highest BCUT2D eigenvalue weighted by molar-refractivity contribution is 5.67. The van der Waals surface area contributed by atoms with Crippen molar-refractivity contribution in [1.29, 1.82) is 0 Å². The van der Waals surface area contributed by atoms with Gasteiger partial charge >= 0.3 is 0 Å². The van der Waals surface area contributed by atoms with E-state index in [-0.39, 0.29) is 17.8 Å². The molecule has 122 valence electrons. The molecule has 2 N–H and O–H groups in total. The van der Waals surface area contributed by atoms with Crippen molar-refractivity contribution in [2.75, 3.05) is 10.6 Å². The lowest BCUT2D eigenvalue weighted by atomic mass is 9.85. The summed E-state index contributed by atoms with van der Waals surface area (Å²) in [5.41, 5.74) is -1.70. The quantitative estimate of drug-likeness (QED) is 0.790. The molecule has 1 aromatic rings. The minimum Gasteiger partial charge on any atom is -0.351 e. The lowest BCUT2D eigenvalue weighted by molar-refractivity contribution is -0.105. The van der Waals surface area contributed by atoms with Crippen LogP contribution in [0.2, 0.25) is 0 Å². The smallest absolute Gasteiger partial charge is 0.234 e. The van der Waals surface area contributed by atoms with Crippen LogP contribution >= 0.6 is 0 Å². The summed E-state index contributed by atoms with van der Waals surface area (Å²) in [5, 5.41) is 5.60. The standard InChI is InChI=1S/C15H24FN5O/c1-10(11-7-5-4-6-8-11)18-14-20-12(15(2,3)16)19-13(21-14)17-9-22/h9-11H,4-8H2,1-3H3,(H2,17,18,19,20,21,22). The van der Waals surface area contributed by atoms with Crippen LogP contribution in [0.25, 0.3) is 0 Å². The largest absolute Gasteiger partial charge is 0.351 e. The van der Waals surface area contributed by atoms with Gasteiger partial charge < -0.3 is 5.32 Å². The number of carbonyl (C=O) groups is 1. The fraction of sp³-hybridized carbons (Fsp3) is 0.733. The van der Waals surface area contributed by atoms with E-state index < -0.39 is 5.67 Å². The maximum absolute atomic E-state index is 14.1. The number of aromatic nitrogens is 3. The van der Waals surface area contributed by atoms with E-state index in [1.807, 2.05) is 0 Å². The van der Waals surface area contributed by atoms with Gasteiger partial charge in [-0.3, -0.25) is 10.1 Å². The Morgan fingerprint density at radius 1 is 1.18 bits per heavy atom. The van der Waals surface area contributed by atoms with Crippen molar-refractivity contribution in [3.8, 4) is 0 Å². The Labute approximate surface area is 130 Å². The number of hydrogen-bond acceptors (Lipinski definition) is 5. The van der Waals surface area contributed by atoms with Crippen molar-refractivity contribution in [1.82, 2.24) is 15.0 Å². The molecule has 0 aromatic carbocycles. The van der Waals surface area contributed by atoms with Gasteiger partial charge in [-0.1, -0.05) is 19.3 Å². The highest BCUT2D eigenvalue weighted by Crippen LogP contribution is 2.28. The Bertz CT molecular complexity index is 511. The van der Waals surface area contributed by atoms with Crippen LogP contribution < -0.4 is 10.6 Å². The summed E-state index contributed by atoms with van der Waals surface area (Å²) >= 11 is 0. The molecule has 0 bridgehead atoms. The normalized spacial score (nSPS) is 17.8. The van der Waals surface area contributed by atoms with E-state index in [4.69, 9.17) is 0 Å². The van der Waals surface area contributed by atoms with Crippen molar-refractivity contribution in [2.24, 2.45) is 5.92 Å². The van der Waals surface area contributed by atoms with Crippen molar-refractivity contribution in [2.45, 2.75) is 64.6 Å². The van der Waals surface area contributed by atoms with Crippen LogP contribution in [-0.2, 0) is 10.5 Å². The van der Waals surface area contributed by atoms with Gasteiger partial charge in [0.15, 0.2) is 11.5 Å². The molecule has 7 heteroatoms. The molecule has 0 aliphatic heterocycles. The molecule has 1 unspecified atom stereocenters. The van der Waals surface area contributed by atoms with Gasteiger partial charge in [-0.05, 0) is 39.5 Å². The third-order valence-electron chi connectivity index (χ3n) is 4.07. The van der Waals surface area contributed by atoms with Gasteiger partial charge in [0.05, 0.1) is 0 Å². The number of alkyl halides is 1. The molecule has 1 atom stereocenters. The van der Waals surface area contributed by atoms with Crippen molar-refractivity contribution >= 4 is 18.3 Å². The lowest BCUT2D eigenvalue weighted by Gasteiger charge is -2.28. The minimum atomic E-state index is -1.70. The fourth-order valence-electron chi connectivity index (χ4n) is 2.78. The molecule has 1 saturated carbocycles. The number of nitrogens with one attached hydrogen (secondary N) is 2. The van der Waals surface area contributed by atoms with Crippen LogP contribution in [0.3, 0.4) is 0 Å². The summed E-state index contributed by atoms with van der Waals surface area (Å²) in [5.74, 6) is 0.933. The summed E-state index contributed by atoms with van der Waals surface area (Å²) < 4.78 is 14.1. The van der Waals surface area contributed by atoms with Gasteiger partial charge in [0, 0.05) is 6.04 Å². The minimum absolute atomic E-state index is 0.00481. The van der Waals surface area contributed by atoms with Gasteiger partial charge in [-0.2, -0.15) is 15.0 Å². The Hall–Kier alpha value is -1.79. The molecule has 0 saturated heterocycles. The molecule has 22 heavy (non-hydrogen) atoms. The molecular formula is C15H24FN5O. The average molecular weight is 309 g/mol. The number of amides is 1. The van der Waals surface area contributed by atoms with Gasteiger partial charge in [-0.25, -0.2) is 4.39 Å². The van der Waals surface area contributed by atoms with Crippen molar-refractivity contribution in [3.63, 3.8) is 0 Å². The molecule has 6 nitrogen and oxygen atoms in total. The van der Waals surface area contributed by atoms with Gasteiger partial charge in [0.25, 0.3) is 0 Å². The summed E-state index contributed by atoms with van der Waals surface area (Å²) in [6.45, 7) is 4.84. The van der Waals surface area contributed by atoms with E-state index >= 15 is 0 Å². The molecule has 0 spiro atoms. The first-order valence-electron chi connectivity index (χ1n) is 7.82. The Balaban J connectivity index is 2.17. The molecule has 1 aromatic heterocycles. The SMILES string of the molecule is CC(Nc1nc(NC=O)nc(C(C)(C)F)n1)C1CCCCC1. The zero-order valence-electron chi connectivity index (χ0n) is 13.4. The summed E-state index contributed by atoms with van der Waals surface area (Å²) in [6, 6.07) is 0.197. The van der Waals surface area contributed by atoms with Crippen LogP contribution in [0, 0.1) is 5.92 Å². The van der Waals surface area contributed by atoms with Crippen molar-refractivity contribution in [3.05, 3.63) is 5.82 Å². The molecule has 1 amide bonds. The number of rotatable bonds is 6. The summed E-state index contributed by atoms with van der Waals surface area (Å²) in [4.78, 5) is 22.8. The maximum atomic E-state index is 14.1. The highest BCUT2D eigenvalue weighted by atomic mass is 19.1. The van der Waals surface area contributed by atoms with E-state index in [0.717, 1.165) is 0 Å². The zero-order chi connectivity index (χ0) is 16.2. The molecular weight excluding hydrogens is 285 g/mol. The van der Waals surface area contributed by atoms with Gasteiger partial charge in [0.2, 0.25) is 18.3 Å². The molecule has 1 heterocycles. The van der Waals surface area contributed by atoms with E-state index in [0.29, 0.717) is 18.3 Å². The second-order valence-electron chi connectivity index (χ2n) is 6.37. The predicted octanol–water partition coefficient (Wildman–Crippen LogP) is 3.03. The second-order valence-corrected chi connectivity index (χ2v) is 6.37. The molecule has 2 rings (SSSR count). The topological polar surface area (TPSA) is 79.8 Å². The molecule has 0 radical (unpaired) electrons. The fourth-order valence-corrected chi connectivity index (χ4v) is 2.78. The first kappa shape index (κ1) is 16.6. The number of hydrogen-bond donors (Lipinski definition) is 2. The zero-order valence-corrected chi connectivity index (χ0v) is 13.4.